The third-order valence-corrected chi connectivity index (χ3v) is 6.30. The molecule has 0 N–H and O–H groups in total. The van der Waals surface area contributed by atoms with Crippen LogP contribution in [0.25, 0.3) is 22.0 Å². The summed E-state index contributed by atoms with van der Waals surface area (Å²) in [5.74, 6) is -0.228. The molecule has 0 spiro atoms. The van der Waals surface area contributed by atoms with Crippen molar-refractivity contribution in [3.63, 3.8) is 0 Å². The fraction of sp³-hybridized carbons (Fsp3) is 0.115. The van der Waals surface area contributed by atoms with E-state index in [1.165, 1.54) is 0 Å². The number of rotatable bonds is 1. The topological polar surface area (TPSA) is 56.1 Å². The molecule has 1 aromatic heterocycles. The largest absolute Gasteiger partial charge is 0.347 e. The van der Waals surface area contributed by atoms with Crippen molar-refractivity contribution in [1.82, 2.24) is 4.57 Å². The Bertz CT molecular complexity index is 1480. The maximum absolute atomic E-state index is 13.1. The van der Waals surface area contributed by atoms with Crippen molar-refractivity contribution in [2.24, 2.45) is 0 Å². The lowest BCUT2D eigenvalue weighted by atomic mass is 9.82. The quantitative estimate of drug-likeness (QED) is 0.426. The van der Waals surface area contributed by atoms with Crippen LogP contribution in [0, 0.1) is 0 Å². The molecule has 2 aliphatic rings. The van der Waals surface area contributed by atoms with Gasteiger partial charge in [-0.2, -0.15) is 0 Å². The number of aromatic nitrogens is 1. The first-order valence-corrected chi connectivity index (χ1v) is 10.1. The van der Waals surface area contributed by atoms with Crippen LogP contribution in [0.2, 0.25) is 0 Å². The Kier molecular flexibility index (Phi) is 3.48. The van der Waals surface area contributed by atoms with Gasteiger partial charge in [0.2, 0.25) is 0 Å². The number of benzene rings is 3. The number of ketones is 2. The summed E-state index contributed by atoms with van der Waals surface area (Å²) in [6.45, 7) is 0.890. The van der Waals surface area contributed by atoms with Gasteiger partial charge in [-0.25, -0.2) is 0 Å². The molecule has 30 heavy (non-hydrogen) atoms. The zero-order chi connectivity index (χ0) is 20.4. The molecular weight excluding hydrogens is 374 g/mol. The number of hydrogen-bond acceptors (Lipinski definition) is 3. The van der Waals surface area contributed by atoms with Gasteiger partial charge in [-0.3, -0.25) is 14.4 Å². The van der Waals surface area contributed by atoms with E-state index < -0.39 is 0 Å². The van der Waals surface area contributed by atoms with Gasteiger partial charge in [0.1, 0.15) is 0 Å². The van der Waals surface area contributed by atoms with E-state index >= 15 is 0 Å². The predicted molar refractivity (Wildman–Crippen MR) is 115 cm³/mol. The van der Waals surface area contributed by atoms with Gasteiger partial charge in [-0.05, 0) is 47.7 Å². The van der Waals surface area contributed by atoms with Crippen LogP contribution >= 0.6 is 0 Å². The van der Waals surface area contributed by atoms with Crippen LogP contribution < -0.4 is 5.43 Å². The molecule has 0 unspecified atom stereocenters. The second-order valence-electron chi connectivity index (χ2n) is 7.93. The highest BCUT2D eigenvalue weighted by atomic mass is 16.1. The molecule has 0 saturated carbocycles. The first kappa shape index (κ1) is 17.1. The van der Waals surface area contributed by atoms with Crippen molar-refractivity contribution in [2.45, 2.75) is 19.4 Å². The van der Waals surface area contributed by atoms with Crippen molar-refractivity contribution < 1.29 is 9.59 Å². The van der Waals surface area contributed by atoms with Crippen LogP contribution in [-0.4, -0.2) is 16.1 Å². The summed E-state index contributed by atoms with van der Waals surface area (Å²) in [5, 5.41) is 0.731. The van der Waals surface area contributed by atoms with Gasteiger partial charge in [0.05, 0.1) is 5.52 Å². The average Bonchev–Trinajstić information content (AvgIpc) is 2.79. The Morgan fingerprint density at radius 2 is 1.40 bits per heavy atom. The van der Waals surface area contributed by atoms with Crippen LogP contribution in [0.1, 0.15) is 43.8 Å². The Morgan fingerprint density at radius 3 is 2.20 bits per heavy atom. The van der Waals surface area contributed by atoms with E-state index in [0.717, 1.165) is 47.0 Å². The van der Waals surface area contributed by atoms with E-state index in [1.807, 2.05) is 30.5 Å². The molecule has 0 saturated heterocycles. The van der Waals surface area contributed by atoms with Crippen LogP contribution in [0.5, 0.6) is 0 Å². The number of aryl methyl sites for hydroxylation is 2. The average molecular weight is 391 g/mol. The number of hydrogen-bond donors (Lipinski definition) is 0. The molecule has 3 aromatic carbocycles. The monoisotopic (exact) mass is 391 g/mol. The molecule has 144 valence electrons. The molecular formula is C26H17NO3. The SMILES string of the molecule is O=C1c2ccccc2C(=O)c2cc(-c3ccc4c(=O)ccn5c4c3CCC5)ccc21. The Labute approximate surface area is 172 Å². The lowest BCUT2D eigenvalue weighted by Crippen LogP contribution is -2.20. The summed E-state index contributed by atoms with van der Waals surface area (Å²) in [4.78, 5) is 38.4. The molecule has 0 radical (unpaired) electrons. The first-order chi connectivity index (χ1) is 14.6. The van der Waals surface area contributed by atoms with E-state index in [1.54, 1.807) is 36.4 Å². The number of carbonyl (C=O) groups is 2. The third-order valence-electron chi connectivity index (χ3n) is 6.30. The molecule has 4 aromatic rings. The molecule has 6 rings (SSSR count). The van der Waals surface area contributed by atoms with Crippen LogP contribution in [0.3, 0.4) is 0 Å². The zero-order valence-electron chi connectivity index (χ0n) is 16.1. The highest BCUT2D eigenvalue weighted by molar-refractivity contribution is 6.28. The fourth-order valence-corrected chi connectivity index (χ4v) is 4.89. The molecule has 1 aliphatic carbocycles. The third kappa shape index (κ3) is 2.25. The van der Waals surface area contributed by atoms with Crippen molar-refractivity contribution in [3.8, 4) is 11.1 Å². The molecule has 0 atom stereocenters. The molecule has 1 aliphatic heterocycles. The van der Waals surface area contributed by atoms with Gasteiger partial charge in [0.25, 0.3) is 0 Å². The van der Waals surface area contributed by atoms with E-state index in [9.17, 15) is 14.4 Å². The van der Waals surface area contributed by atoms with Gasteiger partial charge < -0.3 is 4.57 Å². The summed E-state index contributed by atoms with van der Waals surface area (Å²) in [6.07, 6.45) is 3.74. The lowest BCUT2D eigenvalue weighted by Gasteiger charge is -2.23. The Hall–Kier alpha value is -3.79. The van der Waals surface area contributed by atoms with E-state index in [-0.39, 0.29) is 17.0 Å². The van der Waals surface area contributed by atoms with Gasteiger partial charge in [-0.15, -0.1) is 0 Å². The second-order valence-corrected chi connectivity index (χ2v) is 7.93. The molecule has 0 bridgehead atoms. The van der Waals surface area contributed by atoms with Crippen LogP contribution in [0.4, 0.5) is 0 Å². The van der Waals surface area contributed by atoms with Crippen LogP contribution in [-0.2, 0) is 13.0 Å². The normalized spacial score (nSPS) is 14.5. The van der Waals surface area contributed by atoms with Crippen molar-refractivity contribution in [2.75, 3.05) is 0 Å². The smallest absolute Gasteiger partial charge is 0.194 e. The summed E-state index contributed by atoms with van der Waals surface area (Å²) < 4.78 is 2.14. The predicted octanol–water partition coefficient (Wildman–Crippen LogP) is 4.39. The summed E-state index contributed by atoms with van der Waals surface area (Å²) >= 11 is 0. The Morgan fingerprint density at radius 1 is 0.700 bits per heavy atom. The molecule has 2 heterocycles. The van der Waals surface area contributed by atoms with Gasteiger partial charge >= 0.3 is 0 Å². The highest BCUT2D eigenvalue weighted by Crippen LogP contribution is 2.36. The minimum Gasteiger partial charge on any atom is -0.347 e. The van der Waals surface area contributed by atoms with Gasteiger partial charge in [0, 0.05) is 46.4 Å². The molecule has 4 nitrogen and oxygen atoms in total. The number of fused-ring (bicyclic) bond motifs is 2. The van der Waals surface area contributed by atoms with E-state index in [4.69, 9.17) is 0 Å². The number of nitrogens with zero attached hydrogens (tertiary/aromatic N) is 1. The van der Waals surface area contributed by atoms with Gasteiger partial charge in [0.15, 0.2) is 17.0 Å². The van der Waals surface area contributed by atoms with Crippen molar-refractivity contribution in [1.29, 1.82) is 0 Å². The maximum atomic E-state index is 13.1. The summed E-state index contributed by atoms with van der Waals surface area (Å²) in [6, 6.07) is 18.0. The fourth-order valence-electron chi connectivity index (χ4n) is 4.89. The molecule has 0 amide bonds. The van der Waals surface area contributed by atoms with E-state index in [0.29, 0.717) is 22.3 Å². The first-order valence-electron chi connectivity index (χ1n) is 10.1. The highest BCUT2D eigenvalue weighted by Gasteiger charge is 2.30. The van der Waals surface area contributed by atoms with Crippen LogP contribution in [0.15, 0.2) is 71.7 Å². The minimum absolute atomic E-state index is 0.0266. The molecule has 0 fully saturated rings. The standard InChI is InChI=1S/C26H17NO3/c28-23-11-13-27-12-3-6-17-16(9-10-21(23)24(17)27)15-7-8-20-22(14-15)26(30)19-5-2-1-4-18(19)25(20)29/h1-2,4-5,7-11,13-14H,3,6,12H2. The van der Waals surface area contributed by atoms with Gasteiger partial charge in [-0.1, -0.05) is 36.4 Å². The molecule has 4 heteroatoms. The minimum atomic E-state index is -0.117. The zero-order valence-corrected chi connectivity index (χ0v) is 16.1. The second kappa shape index (κ2) is 6.10. The lowest BCUT2D eigenvalue weighted by molar-refractivity contribution is 0.0979. The van der Waals surface area contributed by atoms with E-state index in [2.05, 4.69) is 4.57 Å². The summed E-state index contributed by atoms with van der Waals surface area (Å²) in [7, 11) is 0. The van der Waals surface area contributed by atoms with Crippen molar-refractivity contribution in [3.05, 3.63) is 105 Å². The Balaban J connectivity index is 1.58. The summed E-state index contributed by atoms with van der Waals surface area (Å²) in [5.41, 5.74) is 5.88. The maximum Gasteiger partial charge on any atom is 0.194 e. The number of carbonyl (C=O) groups excluding carboxylic acids is 2. The van der Waals surface area contributed by atoms with Crippen molar-refractivity contribution >= 4 is 22.5 Å². The number of pyridine rings is 1.